The van der Waals surface area contributed by atoms with Gasteiger partial charge in [0, 0.05) is 0 Å². The van der Waals surface area contributed by atoms with Crippen molar-refractivity contribution < 1.29 is 5.11 Å². The predicted molar refractivity (Wildman–Crippen MR) is 54.8 cm³/mol. The van der Waals surface area contributed by atoms with Crippen molar-refractivity contribution in [1.29, 1.82) is 5.53 Å². The van der Waals surface area contributed by atoms with E-state index in [1.165, 1.54) is 0 Å². The molecule has 3 N–H and O–H groups in total. The summed E-state index contributed by atoms with van der Waals surface area (Å²) in [7, 11) is 0. The molecule has 1 aromatic heterocycles. The molecule has 2 aromatic rings. The Bertz CT molecular complexity index is 521. The number of halogens is 2. The van der Waals surface area contributed by atoms with Crippen LogP contribution in [0.15, 0.2) is 17.2 Å². The number of H-pyrrole nitrogens is 1. The van der Waals surface area contributed by atoms with E-state index in [0.717, 1.165) is 0 Å². The molecular formula is C8H5Cl2N3O. The Hall–Kier alpha value is -1.26. The highest BCUT2D eigenvalue weighted by Crippen LogP contribution is 2.41. The van der Waals surface area contributed by atoms with E-state index in [-0.39, 0.29) is 11.6 Å². The van der Waals surface area contributed by atoms with E-state index in [1.807, 2.05) is 0 Å². The second-order valence-electron chi connectivity index (χ2n) is 2.71. The highest BCUT2D eigenvalue weighted by molar-refractivity contribution is 6.41. The second-order valence-corrected chi connectivity index (χ2v) is 3.53. The van der Waals surface area contributed by atoms with Gasteiger partial charge in [0.25, 0.3) is 0 Å². The minimum absolute atomic E-state index is 0.104. The van der Waals surface area contributed by atoms with Crippen molar-refractivity contribution in [2.24, 2.45) is 5.11 Å². The number of rotatable bonds is 1. The Morgan fingerprint density at radius 1 is 1.29 bits per heavy atom. The number of benzene rings is 1. The van der Waals surface area contributed by atoms with E-state index < -0.39 is 0 Å². The predicted octanol–water partition coefficient (Wildman–Crippen LogP) is 3.84. The maximum atomic E-state index is 9.40. The van der Waals surface area contributed by atoms with Gasteiger partial charge in [-0.2, -0.15) is 5.11 Å². The monoisotopic (exact) mass is 229 g/mol. The molecule has 0 bridgehead atoms. The topological polar surface area (TPSA) is 72.2 Å². The second kappa shape index (κ2) is 3.15. The van der Waals surface area contributed by atoms with Crippen LogP contribution in [0, 0.1) is 5.53 Å². The largest absolute Gasteiger partial charge is 0.493 e. The van der Waals surface area contributed by atoms with E-state index in [9.17, 15) is 5.11 Å². The zero-order valence-electron chi connectivity index (χ0n) is 6.81. The van der Waals surface area contributed by atoms with Crippen molar-refractivity contribution in [3.63, 3.8) is 0 Å². The number of nitrogens with zero attached hydrogens (tertiary/aromatic N) is 1. The van der Waals surface area contributed by atoms with Crippen molar-refractivity contribution in [2.75, 3.05) is 0 Å². The van der Waals surface area contributed by atoms with Gasteiger partial charge in [0.05, 0.1) is 20.9 Å². The van der Waals surface area contributed by atoms with E-state index in [0.29, 0.717) is 20.9 Å². The molecule has 0 aliphatic carbocycles. The summed E-state index contributed by atoms with van der Waals surface area (Å²) in [5, 5.41) is 13.9. The molecule has 14 heavy (non-hydrogen) atoms. The van der Waals surface area contributed by atoms with Gasteiger partial charge in [0.2, 0.25) is 5.88 Å². The fourth-order valence-corrected chi connectivity index (χ4v) is 1.76. The third kappa shape index (κ3) is 1.15. The first-order valence-corrected chi connectivity index (χ1v) is 4.47. The molecule has 0 saturated carbocycles. The molecule has 0 fully saturated rings. The summed E-state index contributed by atoms with van der Waals surface area (Å²) < 4.78 is 0. The van der Waals surface area contributed by atoms with Crippen LogP contribution >= 0.6 is 23.2 Å². The number of aromatic hydroxyl groups is 1. The molecule has 4 nitrogen and oxygen atoms in total. The van der Waals surface area contributed by atoms with Crippen molar-refractivity contribution in [3.8, 4) is 5.88 Å². The maximum Gasteiger partial charge on any atom is 0.218 e. The van der Waals surface area contributed by atoms with Gasteiger partial charge in [-0.3, -0.25) is 0 Å². The SMILES string of the molecule is N=Nc1c(O)[nH]c2c(Cl)ccc(Cl)c12. The summed E-state index contributed by atoms with van der Waals surface area (Å²) in [4.78, 5) is 2.61. The van der Waals surface area contributed by atoms with Gasteiger partial charge in [0.1, 0.15) is 0 Å². The Morgan fingerprint density at radius 2 is 1.93 bits per heavy atom. The van der Waals surface area contributed by atoms with Crippen molar-refractivity contribution in [1.82, 2.24) is 4.98 Å². The summed E-state index contributed by atoms with van der Waals surface area (Å²) in [5.41, 5.74) is 7.49. The zero-order chi connectivity index (χ0) is 10.3. The summed E-state index contributed by atoms with van der Waals surface area (Å²) in [6, 6.07) is 3.20. The third-order valence-electron chi connectivity index (χ3n) is 1.92. The lowest BCUT2D eigenvalue weighted by Crippen LogP contribution is -1.71. The molecule has 0 amide bonds. The average molecular weight is 230 g/mol. The first kappa shape index (κ1) is 9.30. The van der Waals surface area contributed by atoms with E-state index >= 15 is 0 Å². The number of hydrogen-bond acceptors (Lipinski definition) is 3. The van der Waals surface area contributed by atoms with Crippen molar-refractivity contribution >= 4 is 39.8 Å². The molecule has 0 aliphatic heterocycles. The minimum atomic E-state index is -0.204. The average Bonchev–Trinajstić information content (AvgIpc) is 2.50. The van der Waals surface area contributed by atoms with E-state index in [4.69, 9.17) is 28.7 Å². The molecule has 2 rings (SSSR count). The zero-order valence-corrected chi connectivity index (χ0v) is 8.32. The van der Waals surface area contributed by atoms with Gasteiger partial charge in [-0.1, -0.05) is 23.2 Å². The Kier molecular flexibility index (Phi) is 2.09. The minimum Gasteiger partial charge on any atom is -0.493 e. The third-order valence-corrected chi connectivity index (χ3v) is 2.55. The quantitative estimate of drug-likeness (QED) is 0.639. The van der Waals surface area contributed by atoms with Gasteiger partial charge in [-0.25, -0.2) is 5.53 Å². The molecular weight excluding hydrogens is 225 g/mol. The van der Waals surface area contributed by atoms with E-state index in [2.05, 4.69) is 10.1 Å². The van der Waals surface area contributed by atoms with Crippen LogP contribution in [0.25, 0.3) is 10.9 Å². The molecule has 72 valence electrons. The molecule has 0 atom stereocenters. The van der Waals surface area contributed by atoms with Gasteiger partial charge in [0.15, 0.2) is 5.69 Å². The Morgan fingerprint density at radius 3 is 2.57 bits per heavy atom. The van der Waals surface area contributed by atoms with Gasteiger partial charge in [-0.15, -0.1) is 0 Å². The fraction of sp³-hybridized carbons (Fsp3) is 0. The van der Waals surface area contributed by atoms with Gasteiger partial charge in [-0.05, 0) is 12.1 Å². The van der Waals surface area contributed by atoms with Crippen LogP contribution in [-0.2, 0) is 0 Å². The number of aromatic amines is 1. The molecule has 0 saturated heterocycles. The lowest BCUT2D eigenvalue weighted by atomic mass is 10.2. The summed E-state index contributed by atoms with van der Waals surface area (Å²) in [6.07, 6.45) is 0. The molecule has 1 aromatic carbocycles. The summed E-state index contributed by atoms with van der Waals surface area (Å²) >= 11 is 11.8. The fourth-order valence-electron chi connectivity index (χ4n) is 1.31. The van der Waals surface area contributed by atoms with Crippen LogP contribution in [0.3, 0.4) is 0 Å². The highest BCUT2D eigenvalue weighted by Gasteiger charge is 2.15. The normalized spacial score (nSPS) is 10.7. The Labute approximate surface area is 89.0 Å². The molecule has 0 unspecified atom stereocenters. The lowest BCUT2D eigenvalue weighted by molar-refractivity contribution is 0.459. The van der Waals surface area contributed by atoms with Crippen LogP contribution in [0.5, 0.6) is 5.88 Å². The van der Waals surface area contributed by atoms with Gasteiger partial charge >= 0.3 is 0 Å². The number of aromatic nitrogens is 1. The van der Waals surface area contributed by atoms with Crippen LogP contribution in [0.4, 0.5) is 5.69 Å². The van der Waals surface area contributed by atoms with Crippen molar-refractivity contribution in [2.45, 2.75) is 0 Å². The van der Waals surface area contributed by atoms with Crippen molar-refractivity contribution in [3.05, 3.63) is 22.2 Å². The number of nitrogens with one attached hydrogen (secondary N) is 2. The van der Waals surface area contributed by atoms with Gasteiger partial charge < -0.3 is 10.1 Å². The standard InChI is InChI=1S/C8H5Cl2N3O/c9-3-1-2-4(10)6-5(3)7(13-11)8(14)12-6/h1-2,11-12,14H. The molecule has 1 heterocycles. The molecule has 6 heteroatoms. The lowest BCUT2D eigenvalue weighted by Gasteiger charge is -1.96. The first-order chi connectivity index (χ1) is 6.65. The first-order valence-electron chi connectivity index (χ1n) is 3.71. The smallest absolute Gasteiger partial charge is 0.218 e. The highest BCUT2D eigenvalue weighted by atomic mass is 35.5. The van der Waals surface area contributed by atoms with E-state index in [1.54, 1.807) is 12.1 Å². The summed E-state index contributed by atoms with van der Waals surface area (Å²) in [5.74, 6) is -0.204. The number of fused-ring (bicyclic) bond motifs is 1. The van der Waals surface area contributed by atoms with Crippen LogP contribution in [0.2, 0.25) is 10.0 Å². The Balaban J connectivity index is 3.00. The summed E-state index contributed by atoms with van der Waals surface area (Å²) in [6.45, 7) is 0. The molecule has 0 aliphatic rings. The van der Waals surface area contributed by atoms with Crippen LogP contribution in [-0.4, -0.2) is 10.1 Å². The number of hydrogen-bond donors (Lipinski definition) is 3. The maximum absolute atomic E-state index is 9.40. The molecule has 0 radical (unpaired) electrons. The van der Waals surface area contributed by atoms with Crippen LogP contribution in [0.1, 0.15) is 0 Å². The van der Waals surface area contributed by atoms with Crippen LogP contribution < -0.4 is 0 Å². The molecule has 0 spiro atoms.